The van der Waals surface area contributed by atoms with Crippen molar-refractivity contribution in [2.75, 3.05) is 5.32 Å². The molecule has 2 aromatic rings. The molecule has 17 heavy (non-hydrogen) atoms. The molecular formula is C12H12N4O. The molecule has 0 radical (unpaired) electrons. The maximum atomic E-state index is 11.9. The van der Waals surface area contributed by atoms with Crippen molar-refractivity contribution in [3.63, 3.8) is 0 Å². The van der Waals surface area contributed by atoms with Gasteiger partial charge in [0.2, 0.25) is 5.95 Å². The van der Waals surface area contributed by atoms with Crippen LogP contribution in [0.5, 0.6) is 0 Å². The van der Waals surface area contributed by atoms with E-state index in [4.69, 9.17) is 0 Å². The minimum atomic E-state index is -0.396. The number of nitrogens with one attached hydrogen (secondary N) is 1. The summed E-state index contributed by atoms with van der Waals surface area (Å²) in [7, 11) is 0. The molecule has 0 spiro atoms. The summed E-state index contributed by atoms with van der Waals surface area (Å²) in [6.45, 7) is 3.89. The molecule has 3 rings (SSSR count). The minimum absolute atomic E-state index is 0.0747. The highest BCUT2D eigenvalue weighted by Gasteiger charge is 2.35. The zero-order valence-electron chi connectivity index (χ0n) is 9.64. The van der Waals surface area contributed by atoms with Gasteiger partial charge in [0.15, 0.2) is 6.04 Å². The fourth-order valence-electron chi connectivity index (χ4n) is 2.13. The zero-order chi connectivity index (χ0) is 12.0. The van der Waals surface area contributed by atoms with Gasteiger partial charge in [0, 0.05) is 11.9 Å². The summed E-state index contributed by atoms with van der Waals surface area (Å²) in [6.07, 6.45) is 1.69. The van der Waals surface area contributed by atoms with E-state index < -0.39 is 6.04 Å². The maximum Gasteiger partial charge on any atom is 0.256 e. The van der Waals surface area contributed by atoms with Crippen LogP contribution >= 0.6 is 0 Å². The highest BCUT2D eigenvalue weighted by atomic mass is 16.2. The first-order chi connectivity index (χ1) is 8.18. The Bertz CT molecular complexity index is 588. The van der Waals surface area contributed by atoms with Gasteiger partial charge in [-0.15, -0.1) is 0 Å². The monoisotopic (exact) mass is 228 g/mol. The second-order valence-electron chi connectivity index (χ2n) is 4.12. The normalized spacial score (nSPS) is 18.0. The summed E-state index contributed by atoms with van der Waals surface area (Å²) in [6, 6.07) is 5.18. The summed E-state index contributed by atoms with van der Waals surface area (Å²) < 4.78 is 1.90. The SMILES string of the molecule is Cc1nc2n(c1C)C(c1ccccn1)C(=O)N2. The molecule has 0 fully saturated rings. The molecule has 1 unspecified atom stereocenters. The lowest BCUT2D eigenvalue weighted by Gasteiger charge is -2.11. The molecule has 5 heteroatoms. The number of fused-ring (bicyclic) bond motifs is 1. The highest BCUT2D eigenvalue weighted by Crippen LogP contribution is 2.31. The van der Waals surface area contributed by atoms with Gasteiger partial charge in [-0.1, -0.05) is 6.07 Å². The van der Waals surface area contributed by atoms with Crippen LogP contribution in [0.15, 0.2) is 24.4 Å². The van der Waals surface area contributed by atoms with Crippen LogP contribution in [0.25, 0.3) is 0 Å². The summed E-state index contributed by atoms with van der Waals surface area (Å²) in [4.78, 5) is 20.5. The minimum Gasteiger partial charge on any atom is -0.296 e. The lowest BCUT2D eigenvalue weighted by molar-refractivity contribution is -0.117. The van der Waals surface area contributed by atoms with Gasteiger partial charge >= 0.3 is 0 Å². The number of pyridine rings is 1. The number of hydrogen-bond donors (Lipinski definition) is 1. The molecule has 0 aromatic carbocycles. The van der Waals surface area contributed by atoms with Crippen molar-refractivity contribution < 1.29 is 4.79 Å². The van der Waals surface area contributed by atoms with E-state index in [1.165, 1.54) is 0 Å². The average Bonchev–Trinajstić information content (AvgIpc) is 2.77. The number of aryl methyl sites for hydroxylation is 1. The molecule has 1 aliphatic rings. The lowest BCUT2D eigenvalue weighted by atomic mass is 10.1. The number of amides is 1. The average molecular weight is 228 g/mol. The predicted molar refractivity (Wildman–Crippen MR) is 62.7 cm³/mol. The van der Waals surface area contributed by atoms with E-state index in [-0.39, 0.29) is 5.91 Å². The second kappa shape index (κ2) is 3.41. The molecule has 1 aliphatic heterocycles. The Labute approximate surface area is 98.5 Å². The van der Waals surface area contributed by atoms with Crippen LogP contribution in [0.1, 0.15) is 23.1 Å². The van der Waals surface area contributed by atoms with E-state index in [9.17, 15) is 4.79 Å². The first-order valence-electron chi connectivity index (χ1n) is 5.45. The van der Waals surface area contributed by atoms with Crippen molar-refractivity contribution in [1.29, 1.82) is 0 Å². The number of nitrogens with zero attached hydrogens (tertiary/aromatic N) is 3. The smallest absolute Gasteiger partial charge is 0.256 e. The van der Waals surface area contributed by atoms with Gasteiger partial charge in [-0.2, -0.15) is 0 Å². The summed E-state index contributed by atoms with van der Waals surface area (Å²) >= 11 is 0. The van der Waals surface area contributed by atoms with Crippen LogP contribution in [0.2, 0.25) is 0 Å². The van der Waals surface area contributed by atoms with Gasteiger partial charge in [0.1, 0.15) is 0 Å². The Hall–Kier alpha value is -2.17. The van der Waals surface area contributed by atoms with Crippen LogP contribution in [0.4, 0.5) is 5.95 Å². The fraction of sp³-hybridized carbons (Fsp3) is 0.250. The van der Waals surface area contributed by atoms with Crippen molar-refractivity contribution in [1.82, 2.24) is 14.5 Å². The number of carbonyl (C=O) groups is 1. The van der Waals surface area contributed by atoms with Gasteiger partial charge in [-0.05, 0) is 26.0 Å². The van der Waals surface area contributed by atoms with E-state index in [0.29, 0.717) is 5.95 Å². The molecule has 86 valence electrons. The Morgan fingerprint density at radius 2 is 2.18 bits per heavy atom. The third kappa shape index (κ3) is 1.35. The number of imidazole rings is 1. The molecule has 0 aliphatic carbocycles. The maximum absolute atomic E-state index is 11.9. The lowest BCUT2D eigenvalue weighted by Crippen LogP contribution is -2.19. The van der Waals surface area contributed by atoms with Gasteiger partial charge in [0.25, 0.3) is 5.91 Å². The van der Waals surface area contributed by atoms with Gasteiger partial charge in [-0.25, -0.2) is 4.98 Å². The molecule has 1 atom stereocenters. The molecule has 2 aromatic heterocycles. The van der Waals surface area contributed by atoms with E-state index in [1.54, 1.807) is 6.20 Å². The third-order valence-electron chi connectivity index (χ3n) is 3.10. The number of aromatic nitrogens is 3. The second-order valence-corrected chi connectivity index (χ2v) is 4.12. The predicted octanol–water partition coefficient (Wildman–Crippen LogP) is 1.44. The number of rotatable bonds is 1. The molecule has 1 N–H and O–H groups in total. The van der Waals surface area contributed by atoms with Crippen molar-refractivity contribution >= 4 is 11.9 Å². The third-order valence-corrected chi connectivity index (χ3v) is 3.10. The largest absolute Gasteiger partial charge is 0.296 e. The summed E-state index contributed by atoms with van der Waals surface area (Å²) in [5.41, 5.74) is 2.67. The van der Waals surface area contributed by atoms with Crippen molar-refractivity contribution in [2.45, 2.75) is 19.9 Å². The molecule has 5 nitrogen and oxygen atoms in total. The molecule has 0 saturated carbocycles. The van der Waals surface area contributed by atoms with Gasteiger partial charge in [0.05, 0.1) is 11.4 Å². The molecule has 0 bridgehead atoms. The molecule has 0 saturated heterocycles. The fourth-order valence-corrected chi connectivity index (χ4v) is 2.13. The molecule has 3 heterocycles. The first-order valence-corrected chi connectivity index (χ1v) is 5.45. The van der Waals surface area contributed by atoms with Gasteiger partial charge < -0.3 is 0 Å². The zero-order valence-corrected chi connectivity index (χ0v) is 9.64. The number of hydrogen-bond acceptors (Lipinski definition) is 3. The van der Waals surface area contributed by atoms with E-state index in [0.717, 1.165) is 17.1 Å². The molecular weight excluding hydrogens is 216 g/mol. The standard InChI is InChI=1S/C12H12N4O/c1-7-8(2)16-10(9-5-3-4-6-13-9)11(17)15-12(16)14-7/h3-6,10H,1-2H3,(H,14,15,17). The van der Waals surface area contributed by atoms with Crippen molar-refractivity contribution in [3.8, 4) is 0 Å². The van der Waals surface area contributed by atoms with E-state index >= 15 is 0 Å². The Morgan fingerprint density at radius 3 is 2.88 bits per heavy atom. The van der Waals surface area contributed by atoms with Gasteiger partial charge in [-0.3, -0.25) is 19.7 Å². The number of anilines is 1. The first kappa shape index (κ1) is 10.0. The van der Waals surface area contributed by atoms with Crippen LogP contribution in [-0.4, -0.2) is 20.4 Å². The Balaban J connectivity index is 2.17. The quantitative estimate of drug-likeness (QED) is 0.803. The van der Waals surface area contributed by atoms with Crippen LogP contribution in [0, 0.1) is 13.8 Å². The van der Waals surface area contributed by atoms with E-state index in [1.807, 2.05) is 36.6 Å². The van der Waals surface area contributed by atoms with Crippen molar-refractivity contribution in [2.24, 2.45) is 0 Å². The van der Waals surface area contributed by atoms with Crippen LogP contribution in [-0.2, 0) is 4.79 Å². The summed E-state index contributed by atoms with van der Waals surface area (Å²) in [5.74, 6) is 0.537. The molecule has 1 amide bonds. The Kier molecular flexibility index (Phi) is 2.01. The van der Waals surface area contributed by atoms with E-state index in [2.05, 4.69) is 15.3 Å². The van der Waals surface area contributed by atoms with Crippen LogP contribution < -0.4 is 5.32 Å². The number of carbonyl (C=O) groups excluding carboxylic acids is 1. The van der Waals surface area contributed by atoms with Crippen molar-refractivity contribution in [3.05, 3.63) is 41.5 Å². The summed E-state index contributed by atoms with van der Waals surface area (Å²) in [5, 5.41) is 2.78. The van der Waals surface area contributed by atoms with Crippen LogP contribution in [0.3, 0.4) is 0 Å². The topological polar surface area (TPSA) is 59.8 Å². The Morgan fingerprint density at radius 1 is 1.35 bits per heavy atom. The highest BCUT2D eigenvalue weighted by molar-refractivity contribution is 5.98.